The van der Waals surface area contributed by atoms with Crippen molar-refractivity contribution in [1.82, 2.24) is 10.3 Å². The molecule has 26 heavy (non-hydrogen) atoms. The van der Waals surface area contributed by atoms with Gasteiger partial charge in [0.1, 0.15) is 12.4 Å². The van der Waals surface area contributed by atoms with Crippen LogP contribution in [0.4, 0.5) is 0 Å². The van der Waals surface area contributed by atoms with E-state index >= 15 is 0 Å². The summed E-state index contributed by atoms with van der Waals surface area (Å²) in [4.78, 5) is 18.5. The molecular weight excluding hydrogens is 344 g/mol. The van der Waals surface area contributed by atoms with Crippen molar-refractivity contribution in [2.75, 3.05) is 0 Å². The Hall–Kier alpha value is -2.66. The summed E-state index contributed by atoms with van der Waals surface area (Å²) in [6.45, 7) is 5.10. The van der Waals surface area contributed by atoms with Crippen molar-refractivity contribution in [3.63, 3.8) is 0 Å². The Labute approximate surface area is 157 Å². The molecule has 0 saturated heterocycles. The second-order valence-corrected chi connectivity index (χ2v) is 7.24. The highest BCUT2D eigenvalue weighted by atomic mass is 32.1. The lowest BCUT2D eigenvalue weighted by atomic mass is 10.2. The number of hydrogen-bond donors (Lipinski definition) is 1. The molecule has 5 heteroatoms. The SMILES string of the molecule is CCc1cc(C(=O)NCc2ccc(OCc3ccccn3)cc2)sc1C. The van der Waals surface area contributed by atoms with Gasteiger partial charge in [0.2, 0.25) is 0 Å². The van der Waals surface area contributed by atoms with Gasteiger partial charge in [-0.2, -0.15) is 0 Å². The van der Waals surface area contributed by atoms with Crippen molar-refractivity contribution in [3.05, 3.63) is 81.3 Å². The zero-order valence-corrected chi connectivity index (χ0v) is 15.8. The number of ether oxygens (including phenoxy) is 1. The first kappa shape index (κ1) is 18.1. The van der Waals surface area contributed by atoms with Gasteiger partial charge in [-0.25, -0.2) is 0 Å². The van der Waals surface area contributed by atoms with Gasteiger partial charge in [0, 0.05) is 17.6 Å². The molecule has 1 amide bonds. The summed E-state index contributed by atoms with van der Waals surface area (Å²) in [7, 11) is 0. The van der Waals surface area contributed by atoms with Crippen LogP contribution < -0.4 is 10.1 Å². The van der Waals surface area contributed by atoms with E-state index < -0.39 is 0 Å². The summed E-state index contributed by atoms with van der Waals surface area (Å²) in [5.41, 5.74) is 3.17. The van der Waals surface area contributed by atoms with Gasteiger partial charge in [-0.15, -0.1) is 11.3 Å². The van der Waals surface area contributed by atoms with Crippen LogP contribution in [0, 0.1) is 6.92 Å². The van der Waals surface area contributed by atoms with Crippen LogP contribution in [0.5, 0.6) is 5.75 Å². The van der Waals surface area contributed by atoms with Crippen LogP contribution in [0.25, 0.3) is 0 Å². The molecule has 3 aromatic rings. The third-order valence-electron chi connectivity index (χ3n) is 4.11. The molecule has 1 aromatic carbocycles. The van der Waals surface area contributed by atoms with Crippen molar-refractivity contribution < 1.29 is 9.53 Å². The number of pyridine rings is 1. The first-order valence-electron chi connectivity index (χ1n) is 8.65. The Bertz CT molecular complexity index is 857. The number of hydrogen-bond acceptors (Lipinski definition) is 4. The average Bonchev–Trinajstić information content (AvgIpc) is 3.07. The number of amides is 1. The Balaban J connectivity index is 1.51. The van der Waals surface area contributed by atoms with Crippen molar-refractivity contribution >= 4 is 17.2 Å². The number of benzene rings is 1. The van der Waals surface area contributed by atoms with Gasteiger partial charge in [0.25, 0.3) is 5.91 Å². The highest BCUT2D eigenvalue weighted by molar-refractivity contribution is 7.14. The van der Waals surface area contributed by atoms with E-state index in [0.717, 1.165) is 28.3 Å². The summed E-state index contributed by atoms with van der Waals surface area (Å²) in [6, 6.07) is 15.5. The maximum atomic E-state index is 12.3. The molecule has 0 aliphatic carbocycles. The second kappa shape index (κ2) is 8.63. The van der Waals surface area contributed by atoms with Crippen molar-refractivity contribution in [1.29, 1.82) is 0 Å². The van der Waals surface area contributed by atoms with Crippen LogP contribution in [0.2, 0.25) is 0 Å². The average molecular weight is 366 g/mol. The summed E-state index contributed by atoms with van der Waals surface area (Å²) in [5, 5.41) is 2.98. The van der Waals surface area contributed by atoms with Crippen LogP contribution in [0.15, 0.2) is 54.7 Å². The molecule has 2 aromatic heterocycles. The topological polar surface area (TPSA) is 51.2 Å². The van der Waals surface area contributed by atoms with Crippen LogP contribution in [0.1, 0.15) is 38.3 Å². The Morgan fingerprint density at radius 1 is 1.19 bits per heavy atom. The highest BCUT2D eigenvalue weighted by Crippen LogP contribution is 2.22. The van der Waals surface area contributed by atoms with E-state index in [-0.39, 0.29) is 5.91 Å². The van der Waals surface area contributed by atoms with Crippen LogP contribution in [0.3, 0.4) is 0 Å². The Morgan fingerprint density at radius 2 is 2.00 bits per heavy atom. The van der Waals surface area contributed by atoms with Gasteiger partial charge in [-0.3, -0.25) is 9.78 Å². The molecule has 0 fully saturated rings. The molecule has 134 valence electrons. The summed E-state index contributed by atoms with van der Waals surface area (Å²) in [5.74, 6) is 0.764. The molecule has 0 unspecified atom stereocenters. The number of rotatable bonds is 7. The number of carbonyl (C=O) groups is 1. The maximum Gasteiger partial charge on any atom is 0.261 e. The number of thiophene rings is 1. The molecule has 0 spiro atoms. The number of carbonyl (C=O) groups excluding carboxylic acids is 1. The predicted molar refractivity (Wildman–Crippen MR) is 105 cm³/mol. The summed E-state index contributed by atoms with van der Waals surface area (Å²) >= 11 is 1.55. The monoisotopic (exact) mass is 366 g/mol. The smallest absolute Gasteiger partial charge is 0.261 e. The standard InChI is InChI=1S/C21H22N2O2S/c1-3-17-12-20(26-15(17)2)21(24)23-13-16-7-9-19(10-8-16)25-14-18-6-4-5-11-22-18/h4-12H,3,13-14H2,1-2H3,(H,23,24). The quantitative estimate of drug-likeness (QED) is 0.669. The molecule has 0 aliphatic heterocycles. The molecule has 0 aliphatic rings. The van der Waals surface area contributed by atoms with Crippen LogP contribution in [-0.2, 0) is 19.6 Å². The fourth-order valence-electron chi connectivity index (χ4n) is 2.60. The lowest BCUT2D eigenvalue weighted by Crippen LogP contribution is -2.21. The Kier molecular flexibility index (Phi) is 6.02. The van der Waals surface area contributed by atoms with Gasteiger partial charge in [0.05, 0.1) is 10.6 Å². The van der Waals surface area contributed by atoms with Gasteiger partial charge >= 0.3 is 0 Å². The van der Waals surface area contributed by atoms with Crippen LogP contribution >= 0.6 is 11.3 Å². The van der Waals surface area contributed by atoms with Crippen molar-refractivity contribution in [2.24, 2.45) is 0 Å². The zero-order chi connectivity index (χ0) is 18.4. The van der Waals surface area contributed by atoms with E-state index in [9.17, 15) is 4.79 Å². The number of aromatic nitrogens is 1. The highest BCUT2D eigenvalue weighted by Gasteiger charge is 2.11. The van der Waals surface area contributed by atoms with E-state index in [1.807, 2.05) is 48.5 Å². The molecule has 0 saturated carbocycles. The Morgan fingerprint density at radius 3 is 2.65 bits per heavy atom. The van der Waals surface area contributed by atoms with Crippen molar-refractivity contribution in [2.45, 2.75) is 33.4 Å². The molecular formula is C21H22N2O2S. The minimum absolute atomic E-state index is 0.0201. The third kappa shape index (κ3) is 4.70. The molecule has 3 rings (SSSR count). The lowest BCUT2D eigenvalue weighted by molar-refractivity contribution is 0.0955. The van der Waals surface area contributed by atoms with Gasteiger partial charge < -0.3 is 10.1 Å². The largest absolute Gasteiger partial charge is 0.487 e. The molecule has 2 heterocycles. The minimum atomic E-state index is -0.0201. The molecule has 1 N–H and O–H groups in total. The molecule has 0 bridgehead atoms. The van der Waals surface area contributed by atoms with E-state index in [0.29, 0.717) is 13.2 Å². The first-order chi connectivity index (χ1) is 12.7. The van der Waals surface area contributed by atoms with Gasteiger partial charge in [0.15, 0.2) is 0 Å². The fraction of sp³-hybridized carbons (Fsp3) is 0.238. The number of aryl methyl sites for hydroxylation is 2. The third-order valence-corrected chi connectivity index (χ3v) is 5.21. The minimum Gasteiger partial charge on any atom is -0.487 e. The zero-order valence-electron chi connectivity index (χ0n) is 15.0. The summed E-state index contributed by atoms with van der Waals surface area (Å²) < 4.78 is 5.72. The lowest BCUT2D eigenvalue weighted by Gasteiger charge is -2.07. The maximum absolute atomic E-state index is 12.3. The van der Waals surface area contributed by atoms with E-state index in [1.54, 1.807) is 17.5 Å². The van der Waals surface area contributed by atoms with Crippen LogP contribution in [-0.4, -0.2) is 10.9 Å². The molecule has 4 nitrogen and oxygen atoms in total. The first-order valence-corrected chi connectivity index (χ1v) is 9.46. The fourth-order valence-corrected chi connectivity index (χ4v) is 3.63. The normalized spacial score (nSPS) is 10.5. The number of nitrogens with one attached hydrogen (secondary N) is 1. The predicted octanol–water partition coefficient (Wildman–Crippen LogP) is 4.52. The van der Waals surface area contributed by atoms with Gasteiger partial charge in [-0.05, 0) is 54.8 Å². The number of nitrogens with zero attached hydrogens (tertiary/aromatic N) is 1. The second-order valence-electron chi connectivity index (χ2n) is 5.98. The van der Waals surface area contributed by atoms with E-state index in [4.69, 9.17) is 4.74 Å². The van der Waals surface area contributed by atoms with E-state index in [2.05, 4.69) is 24.1 Å². The molecule has 0 radical (unpaired) electrons. The summed E-state index contributed by atoms with van der Waals surface area (Å²) in [6.07, 6.45) is 2.71. The molecule has 0 atom stereocenters. The van der Waals surface area contributed by atoms with E-state index in [1.165, 1.54) is 10.4 Å². The van der Waals surface area contributed by atoms with Crippen molar-refractivity contribution in [3.8, 4) is 5.75 Å². The van der Waals surface area contributed by atoms with Gasteiger partial charge in [-0.1, -0.05) is 25.1 Å².